The van der Waals surface area contributed by atoms with Gasteiger partial charge >= 0.3 is 6.09 Å². The number of piperidine rings is 1. The molecule has 2 aromatic rings. The number of alkyl carbamates (subject to hydrolysis) is 1. The molecule has 9 nitrogen and oxygen atoms in total. The summed E-state index contributed by atoms with van der Waals surface area (Å²) in [4.78, 5) is 42.7. The van der Waals surface area contributed by atoms with Crippen molar-refractivity contribution in [3.63, 3.8) is 0 Å². The lowest BCUT2D eigenvalue weighted by molar-refractivity contribution is -0.135. The number of hydrogen-bond donors (Lipinski definition) is 2. The lowest BCUT2D eigenvalue weighted by atomic mass is 9.92. The maximum Gasteiger partial charge on any atom is 0.408 e. The van der Waals surface area contributed by atoms with Gasteiger partial charge in [0.15, 0.2) is 5.13 Å². The number of ether oxygens (including phenoxy) is 1. The summed E-state index contributed by atoms with van der Waals surface area (Å²) in [6.07, 6.45) is 6.60. The Morgan fingerprint density at radius 1 is 1.21 bits per heavy atom. The van der Waals surface area contributed by atoms with Gasteiger partial charge in [0.25, 0.3) is 0 Å². The highest BCUT2D eigenvalue weighted by Gasteiger charge is 2.31. The van der Waals surface area contributed by atoms with Crippen LogP contribution < -0.4 is 10.6 Å². The topological polar surface area (TPSA) is 109 Å². The Kier molecular flexibility index (Phi) is 10.5. The summed E-state index contributed by atoms with van der Waals surface area (Å²) in [5.74, 6) is 2.20. The second kappa shape index (κ2) is 13.4. The largest absolute Gasteiger partial charge is 0.444 e. The van der Waals surface area contributed by atoms with E-state index >= 15 is 0 Å². The molecule has 1 atom stereocenters. The van der Waals surface area contributed by atoms with Crippen molar-refractivity contribution in [3.8, 4) is 0 Å². The summed E-state index contributed by atoms with van der Waals surface area (Å²) in [6.45, 7) is 15.0. The summed E-state index contributed by atoms with van der Waals surface area (Å²) in [6, 6.07) is 1.36. The molecule has 1 aliphatic heterocycles. The molecule has 1 fully saturated rings. The predicted molar refractivity (Wildman–Crippen MR) is 152 cm³/mol. The van der Waals surface area contributed by atoms with Crippen LogP contribution in [0, 0.1) is 18.8 Å². The number of carbonyl (C=O) groups excluding carboxylic acids is 2. The normalized spacial score (nSPS) is 15.4. The Morgan fingerprint density at radius 2 is 1.92 bits per heavy atom. The van der Waals surface area contributed by atoms with Crippen molar-refractivity contribution < 1.29 is 14.3 Å². The fourth-order valence-electron chi connectivity index (χ4n) is 4.60. The lowest BCUT2D eigenvalue weighted by Crippen LogP contribution is -2.52. The Bertz CT molecular complexity index is 1070. The molecule has 0 spiro atoms. The quantitative estimate of drug-likeness (QED) is 0.397. The van der Waals surface area contributed by atoms with Crippen LogP contribution in [0.3, 0.4) is 0 Å². The van der Waals surface area contributed by atoms with Crippen LogP contribution in [0.2, 0.25) is 0 Å². The highest BCUT2D eigenvalue weighted by molar-refractivity contribution is 7.15. The number of aromatic nitrogens is 3. The van der Waals surface area contributed by atoms with Crippen molar-refractivity contribution >= 4 is 34.3 Å². The van der Waals surface area contributed by atoms with Gasteiger partial charge in [0, 0.05) is 42.3 Å². The van der Waals surface area contributed by atoms with Crippen LogP contribution in [-0.2, 0) is 22.4 Å². The molecule has 2 N–H and O–H groups in total. The van der Waals surface area contributed by atoms with Gasteiger partial charge < -0.3 is 20.3 Å². The zero-order chi connectivity index (χ0) is 27.9. The summed E-state index contributed by atoms with van der Waals surface area (Å²) < 4.78 is 5.40. The van der Waals surface area contributed by atoms with Gasteiger partial charge in [-0.15, -0.1) is 11.3 Å². The molecular weight excluding hydrogens is 500 g/mol. The van der Waals surface area contributed by atoms with Gasteiger partial charge in [-0.3, -0.25) is 4.79 Å². The van der Waals surface area contributed by atoms with Crippen molar-refractivity contribution in [2.45, 2.75) is 98.6 Å². The number of rotatable bonds is 10. The minimum Gasteiger partial charge on any atom is -0.444 e. The fraction of sp³-hybridized carbons (Fsp3) is 0.679. The van der Waals surface area contributed by atoms with Crippen LogP contribution in [0.4, 0.5) is 15.7 Å². The smallest absolute Gasteiger partial charge is 0.408 e. The van der Waals surface area contributed by atoms with Gasteiger partial charge in [0.1, 0.15) is 23.3 Å². The number of thiazole rings is 1. The monoisotopic (exact) mass is 544 g/mol. The second-order valence-electron chi connectivity index (χ2n) is 11.6. The highest BCUT2D eigenvalue weighted by Crippen LogP contribution is 2.25. The van der Waals surface area contributed by atoms with Gasteiger partial charge in [-0.25, -0.2) is 19.7 Å². The molecule has 1 saturated heterocycles. The second-order valence-corrected chi connectivity index (χ2v) is 12.7. The third-order valence-corrected chi connectivity index (χ3v) is 7.25. The Labute approximate surface area is 231 Å². The van der Waals surface area contributed by atoms with Crippen molar-refractivity contribution in [1.29, 1.82) is 0 Å². The molecule has 3 heterocycles. The number of hydrogen-bond acceptors (Lipinski definition) is 8. The Hall–Kier alpha value is -2.75. The molecule has 0 aromatic carbocycles. The molecule has 0 radical (unpaired) electrons. The molecule has 0 saturated carbocycles. The number of nitrogens with one attached hydrogen (secondary N) is 2. The number of nitrogens with zero attached hydrogens (tertiary/aromatic N) is 4. The first-order valence-electron chi connectivity index (χ1n) is 13.8. The zero-order valence-corrected chi connectivity index (χ0v) is 24.8. The maximum absolute atomic E-state index is 13.3. The molecule has 10 heteroatoms. The average Bonchev–Trinajstić information content (AvgIpc) is 3.23. The van der Waals surface area contributed by atoms with Gasteiger partial charge in [0.05, 0.1) is 0 Å². The number of amides is 2. The predicted octanol–water partition coefficient (Wildman–Crippen LogP) is 5.66. The molecule has 2 amide bonds. The van der Waals surface area contributed by atoms with E-state index in [4.69, 9.17) is 9.72 Å². The molecule has 0 bridgehead atoms. The van der Waals surface area contributed by atoms with Crippen LogP contribution in [-0.4, -0.2) is 56.6 Å². The van der Waals surface area contributed by atoms with E-state index in [0.717, 1.165) is 54.6 Å². The first-order chi connectivity index (χ1) is 17.9. The van der Waals surface area contributed by atoms with E-state index in [1.165, 1.54) is 4.88 Å². The van der Waals surface area contributed by atoms with E-state index < -0.39 is 17.7 Å². The fourth-order valence-corrected chi connectivity index (χ4v) is 5.52. The SMILES string of the molecule is CCCc1cnc(Nc2cc(C)nc(CC3CCN(C(=O)[C@H](CC(C)C)NC(=O)OC(C)(C)C)CC3)n2)s1. The van der Waals surface area contributed by atoms with E-state index in [0.29, 0.717) is 25.4 Å². The highest BCUT2D eigenvalue weighted by atomic mass is 32.1. The first-order valence-corrected chi connectivity index (χ1v) is 14.6. The van der Waals surface area contributed by atoms with E-state index in [2.05, 4.69) is 27.5 Å². The summed E-state index contributed by atoms with van der Waals surface area (Å²) in [5, 5.41) is 7.00. The van der Waals surface area contributed by atoms with Crippen molar-refractivity contribution in [1.82, 2.24) is 25.2 Å². The van der Waals surface area contributed by atoms with Crippen LogP contribution in [0.5, 0.6) is 0 Å². The number of anilines is 2. The van der Waals surface area contributed by atoms with E-state index in [1.54, 1.807) is 11.3 Å². The molecule has 0 aliphatic carbocycles. The van der Waals surface area contributed by atoms with Crippen LogP contribution >= 0.6 is 11.3 Å². The molecule has 1 aliphatic rings. The van der Waals surface area contributed by atoms with E-state index in [9.17, 15) is 9.59 Å². The summed E-state index contributed by atoms with van der Waals surface area (Å²) in [5.41, 5.74) is 0.305. The van der Waals surface area contributed by atoms with Crippen LogP contribution in [0.25, 0.3) is 0 Å². The lowest BCUT2D eigenvalue weighted by Gasteiger charge is -2.35. The molecule has 3 rings (SSSR count). The Morgan fingerprint density at radius 3 is 2.55 bits per heavy atom. The first kappa shape index (κ1) is 29.8. The number of carbonyl (C=O) groups is 2. The summed E-state index contributed by atoms with van der Waals surface area (Å²) >= 11 is 1.66. The third kappa shape index (κ3) is 9.53. The van der Waals surface area contributed by atoms with E-state index in [-0.39, 0.29) is 11.8 Å². The number of aryl methyl sites for hydroxylation is 2. The van der Waals surface area contributed by atoms with Gasteiger partial charge in [-0.05, 0) is 65.2 Å². The molecule has 210 valence electrons. The van der Waals surface area contributed by atoms with Crippen molar-refractivity contribution in [2.75, 3.05) is 18.4 Å². The maximum atomic E-state index is 13.3. The summed E-state index contributed by atoms with van der Waals surface area (Å²) in [7, 11) is 0. The third-order valence-electron chi connectivity index (χ3n) is 6.28. The minimum atomic E-state index is -0.612. The molecular formula is C28H44N6O3S. The number of likely N-dealkylation sites (tertiary alicyclic amines) is 1. The molecule has 38 heavy (non-hydrogen) atoms. The van der Waals surface area contributed by atoms with Crippen LogP contribution in [0.1, 0.15) is 83.6 Å². The van der Waals surface area contributed by atoms with Gasteiger partial charge in [-0.1, -0.05) is 27.2 Å². The van der Waals surface area contributed by atoms with Gasteiger partial charge in [-0.2, -0.15) is 0 Å². The van der Waals surface area contributed by atoms with Crippen molar-refractivity contribution in [3.05, 3.63) is 28.7 Å². The Balaban J connectivity index is 1.56. The average molecular weight is 545 g/mol. The van der Waals surface area contributed by atoms with E-state index in [1.807, 2.05) is 58.7 Å². The molecule has 0 unspecified atom stereocenters. The van der Waals surface area contributed by atoms with Crippen molar-refractivity contribution in [2.24, 2.45) is 11.8 Å². The molecule has 2 aromatic heterocycles. The van der Waals surface area contributed by atoms with Gasteiger partial charge in [0.2, 0.25) is 5.91 Å². The zero-order valence-electron chi connectivity index (χ0n) is 24.0. The minimum absolute atomic E-state index is 0.0350. The standard InChI is InChI=1S/C28H44N6O3S/c1-8-9-21-17-29-26(38-21)33-23-15-19(4)30-24(32-23)16-20-10-12-34(13-11-20)25(35)22(14-18(2)3)31-27(36)37-28(5,6)7/h15,17-18,20,22H,8-14,16H2,1-7H3,(H,31,36)(H,29,30,32,33)/t22-/m0/s1. The van der Waals surface area contributed by atoms with Crippen LogP contribution in [0.15, 0.2) is 12.3 Å².